The molecule has 5 nitrogen and oxygen atoms in total. The predicted molar refractivity (Wildman–Crippen MR) is 98.6 cm³/mol. The van der Waals surface area contributed by atoms with Crippen LogP contribution in [-0.4, -0.2) is 42.2 Å². The molecule has 0 aliphatic carbocycles. The van der Waals surface area contributed by atoms with Crippen LogP contribution < -0.4 is 0 Å². The summed E-state index contributed by atoms with van der Waals surface area (Å²) >= 11 is 0. The first-order valence-electron chi connectivity index (χ1n) is 9.44. The maximum atomic E-state index is 12.3. The fourth-order valence-corrected chi connectivity index (χ4v) is 5.19. The van der Waals surface area contributed by atoms with Gasteiger partial charge in [0.2, 0.25) is 0 Å². The van der Waals surface area contributed by atoms with Crippen molar-refractivity contribution in [2.45, 2.75) is 31.9 Å². The number of carbonyl (C=O) groups excluding carboxylic acids is 1. The van der Waals surface area contributed by atoms with Gasteiger partial charge in [-0.05, 0) is 31.4 Å². The lowest BCUT2D eigenvalue weighted by Crippen LogP contribution is -2.51. The minimum atomic E-state index is -0.256. The highest BCUT2D eigenvalue weighted by molar-refractivity contribution is 5.89. The van der Waals surface area contributed by atoms with E-state index in [1.54, 1.807) is 6.26 Å². The van der Waals surface area contributed by atoms with Gasteiger partial charge in [-0.15, -0.1) is 0 Å². The molecule has 1 N–H and O–H groups in total. The van der Waals surface area contributed by atoms with Crippen LogP contribution in [-0.2, 0) is 20.7 Å². The number of para-hydroxylation sites is 1. The second-order valence-corrected chi connectivity index (χ2v) is 7.74. The molecule has 5 heteroatoms. The Morgan fingerprint density at radius 1 is 1.35 bits per heavy atom. The summed E-state index contributed by atoms with van der Waals surface area (Å²) < 4.78 is 10.8. The lowest BCUT2D eigenvalue weighted by atomic mass is 9.72. The van der Waals surface area contributed by atoms with Gasteiger partial charge in [-0.1, -0.05) is 18.2 Å². The molecule has 0 bridgehead atoms. The molecule has 0 unspecified atom stereocenters. The average Bonchev–Trinajstić information content (AvgIpc) is 3.06. The van der Waals surface area contributed by atoms with Crippen molar-refractivity contribution >= 4 is 16.9 Å². The van der Waals surface area contributed by atoms with Gasteiger partial charge >= 0.3 is 5.97 Å². The van der Waals surface area contributed by atoms with Crippen molar-refractivity contribution in [3.8, 4) is 0 Å². The van der Waals surface area contributed by atoms with Crippen LogP contribution in [0.4, 0.5) is 0 Å². The van der Waals surface area contributed by atoms with E-state index in [1.165, 1.54) is 29.3 Å². The number of fused-ring (bicyclic) bond motifs is 6. The zero-order valence-corrected chi connectivity index (χ0v) is 15.2. The van der Waals surface area contributed by atoms with Crippen molar-refractivity contribution < 1.29 is 14.3 Å². The number of nitrogens with one attached hydrogen (secondary N) is 1. The van der Waals surface area contributed by atoms with E-state index >= 15 is 0 Å². The number of rotatable bonds is 1. The molecule has 1 aromatic heterocycles. The lowest BCUT2D eigenvalue weighted by molar-refractivity contribution is -0.139. The van der Waals surface area contributed by atoms with E-state index in [4.69, 9.17) is 9.47 Å². The number of piperidine rings is 1. The van der Waals surface area contributed by atoms with Crippen molar-refractivity contribution in [1.82, 2.24) is 9.88 Å². The van der Waals surface area contributed by atoms with Crippen molar-refractivity contribution in [1.29, 1.82) is 0 Å². The smallest absolute Gasteiger partial charge is 0.337 e. The van der Waals surface area contributed by atoms with Gasteiger partial charge in [-0.2, -0.15) is 0 Å². The van der Waals surface area contributed by atoms with E-state index in [0.29, 0.717) is 17.5 Å². The summed E-state index contributed by atoms with van der Waals surface area (Å²) in [4.78, 5) is 18.5. The summed E-state index contributed by atoms with van der Waals surface area (Å²) in [6, 6.07) is 8.88. The number of ether oxygens (including phenoxy) is 2. The number of methoxy groups -OCH3 is 1. The number of hydrogen-bond acceptors (Lipinski definition) is 4. The van der Waals surface area contributed by atoms with Crippen LogP contribution in [0.15, 0.2) is 36.1 Å². The molecule has 2 aromatic rings. The molecule has 4 atom stereocenters. The normalized spacial score (nSPS) is 30.6. The molecule has 136 valence electrons. The molecule has 0 saturated carbocycles. The molecule has 0 spiro atoms. The zero-order valence-electron chi connectivity index (χ0n) is 15.2. The fraction of sp³-hybridized carbons (Fsp3) is 0.476. The number of aromatic nitrogens is 1. The Morgan fingerprint density at radius 2 is 2.19 bits per heavy atom. The molecular formula is C21H24N2O3. The van der Waals surface area contributed by atoms with E-state index in [1.807, 2.05) is 0 Å². The van der Waals surface area contributed by atoms with Gasteiger partial charge < -0.3 is 14.5 Å². The Labute approximate surface area is 153 Å². The third kappa shape index (κ3) is 2.23. The minimum Gasteiger partial charge on any atom is -0.497 e. The van der Waals surface area contributed by atoms with Crippen molar-refractivity contribution in [3.63, 3.8) is 0 Å². The van der Waals surface area contributed by atoms with E-state index in [0.717, 1.165) is 25.9 Å². The quantitative estimate of drug-likeness (QED) is 0.801. The Bertz CT molecular complexity index is 900. The fourth-order valence-electron chi connectivity index (χ4n) is 5.19. The molecule has 1 fully saturated rings. The summed E-state index contributed by atoms with van der Waals surface area (Å²) in [5.74, 6) is 0.258. The number of benzene rings is 1. The number of nitrogens with zero attached hydrogens (tertiary/aromatic N) is 1. The van der Waals surface area contributed by atoms with Gasteiger partial charge in [0.1, 0.15) is 0 Å². The third-order valence-corrected chi connectivity index (χ3v) is 6.54. The number of aromatic amines is 1. The van der Waals surface area contributed by atoms with Crippen LogP contribution >= 0.6 is 0 Å². The number of esters is 1. The molecular weight excluding hydrogens is 328 g/mol. The second-order valence-electron chi connectivity index (χ2n) is 7.74. The van der Waals surface area contributed by atoms with Crippen LogP contribution in [0, 0.1) is 11.8 Å². The molecule has 1 aromatic carbocycles. The number of H-pyrrole nitrogens is 1. The van der Waals surface area contributed by atoms with Gasteiger partial charge in [0.15, 0.2) is 0 Å². The predicted octanol–water partition coefficient (Wildman–Crippen LogP) is 3.18. The second kappa shape index (κ2) is 5.88. The molecule has 5 rings (SSSR count). The summed E-state index contributed by atoms with van der Waals surface area (Å²) in [6.07, 6.45) is 3.77. The standard InChI is InChI=1S/C21H24N2O3/c1-12-16-10-23-8-7-14-13-5-3-4-6-18(13)22-20(14)19(23)9-15(16)17(11-26-12)21(24)25-2/h3-6,11-12,15-16,19,22H,7-10H2,1-2H3/t12-,15+,16+,19+/m1/s1. The molecule has 0 amide bonds. The van der Waals surface area contributed by atoms with Crippen LogP contribution in [0.3, 0.4) is 0 Å². The van der Waals surface area contributed by atoms with Gasteiger partial charge in [0, 0.05) is 41.5 Å². The van der Waals surface area contributed by atoms with E-state index in [-0.39, 0.29) is 18.0 Å². The highest BCUT2D eigenvalue weighted by Gasteiger charge is 2.46. The molecule has 1 saturated heterocycles. The van der Waals surface area contributed by atoms with Crippen LogP contribution in [0.1, 0.15) is 30.6 Å². The number of hydrogen-bond donors (Lipinski definition) is 1. The summed E-state index contributed by atoms with van der Waals surface area (Å²) in [5, 5.41) is 1.34. The summed E-state index contributed by atoms with van der Waals surface area (Å²) in [6.45, 7) is 4.13. The first-order valence-corrected chi connectivity index (χ1v) is 9.44. The van der Waals surface area contributed by atoms with Gasteiger partial charge in [0.05, 0.1) is 31.1 Å². The molecule has 4 heterocycles. The number of carbonyl (C=O) groups is 1. The van der Waals surface area contributed by atoms with Crippen molar-refractivity contribution in [2.75, 3.05) is 20.2 Å². The first kappa shape index (κ1) is 15.9. The Balaban J connectivity index is 1.55. The van der Waals surface area contributed by atoms with Gasteiger partial charge in [0.25, 0.3) is 0 Å². The molecule has 26 heavy (non-hydrogen) atoms. The van der Waals surface area contributed by atoms with Gasteiger partial charge in [-0.3, -0.25) is 4.90 Å². The Hall–Kier alpha value is -2.27. The maximum Gasteiger partial charge on any atom is 0.337 e. The Morgan fingerprint density at radius 3 is 3.04 bits per heavy atom. The Kier molecular flexibility index (Phi) is 3.60. The largest absolute Gasteiger partial charge is 0.497 e. The van der Waals surface area contributed by atoms with Crippen LogP contribution in [0.5, 0.6) is 0 Å². The molecule has 0 radical (unpaired) electrons. The zero-order chi connectivity index (χ0) is 17.8. The highest BCUT2D eigenvalue weighted by atomic mass is 16.5. The molecule has 3 aliphatic heterocycles. The van der Waals surface area contributed by atoms with Crippen LogP contribution in [0.25, 0.3) is 10.9 Å². The maximum absolute atomic E-state index is 12.3. The van der Waals surface area contributed by atoms with E-state index < -0.39 is 0 Å². The minimum absolute atomic E-state index is 0.124. The topological polar surface area (TPSA) is 54.6 Å². The van der Waals surface area contributed by atoms with Crippen molar-refractivity contribution in [3.05, 3.63) is 47.4 Å². The third-order valence-electron chi connectivity index (χ3n) is 6.54. The monoisotopic (exact) mass is 352 g/mol. The SMILES string of the molecule is COC(=O)C1=CO[C@H](C)[C@@H]2CN3CCc4c([nH]c5ccccc45)[C@@H]3C[C@H]12. The van der Waals surface area contributed by atoms with Crippen LogP contribution in [0.2, 0.25) is 0 Å². The van der Waals surface area contributed by atoms with Gasteiger partial charge in [-0.25, -0.2) is 4.79 Å². The average molecular weight is 352 g/mol. The van der Waals surface area contributed by atoms with E-state index in [9.17, 15) is 4.79 Å². The summed E-state index contributed by atoms with van der Waals surface area (Å²) in [7, 11) is 1.45. The highest BCUT2D eigenvalue weighted by Crippen LogP contribution is 2.47. The first-order chi connectivity index (χ1) is 12.7. The lowest BCUT2D eigenvalue weighted by Gasteiger charge is -2.49. The molecule has 3 aliphatic rings. The van der Waals surface area contributed by atoms with E-state index in [2.05, 4.69) is 41.1 Å². The summed E-state index contributed by atoms with van der Waals surface area (Å²) in [5.41, 5.74) is 4.69. The van der Waals surface area contributed by atoms with Crippen molar-refractivity contribution in [2.24, 2.45) is 11.8 Å².